The molecule has 7 heteroatoms. The molecule has 7 nitrogen and oxygen atoms in total. The van der Waals surface area contributed by atoms with Gasteiger partial charge in [0.2, 0.25) is 0 Å². The summed E-state index contributed by atoms with van der Waals surface area (Å²) in [6.45, 7) is 19.4. The van der Waals surface area contributed by atoms with Crippen molar-refractivity contribution < 1.29 is 14.6 Å². The lowest BCUT2D eigenvalue weighted by molar-refractivity contribution is -0.192. The predicted octanol–water partition coefficient (Wildman–Crippen LogP) is 6.34. The molecule has 0 aromatic heterocycles. The van der Waals surface area contributed by atoms with Crippen LogP contribution in [0.4, 0.5) is 0 Å². The molecule has 6 N–H and O–H groups in total. The molecule has 0 aromatic rings. The standard InChI is InChI=1S/C39H72N4O3/c1-28(2)12-9-13-29(3)33-14-15-34-32-26-36(43-25-11-24-42-22-8-7-21-41-23-10-20-40)39(45)27-31(46-30(4)44)16-19-38(39,6)35(32)17-18-37(33,34)5/h26,28-29,31,33-36,41-43,45H,7-25,27,40H2,1-6H3/t29-,31+,33-,34+,35+,36-,37-,38-,39+/m1/s1. The van der Waals surface area contributed by atoms with Crippen LogP contribution in [0.5, 0.6) is 0 Å². The van der Waals surface area contributed by atoms with Crippen LogP contribution in [0, 0.1) is 40.4 Å². The number of hydrogen-bond donors (Lipinski definition) is 5. The minimum atomic E-state index is -0.931. The zero-order valence-electron chi connectivity index (χ0n) is 30.6. The highest BCUT2D eigenvalue weighted by Gasteiger charge is 2.65. The van der Waals surface area contributed by atoms with Gasteiger partial charge in [-0.3, -0.25) is 4.79 Å². The summed E-state index contributed by atoms with van der Waals surface area (Å²) in [5.74, 6) is 3.14. The van der Waals surface area contributed by atoms with Crippen LogP contribution in [-0.2, 0) is 9.53 Å². The number of nitrogens with two attached hydrogens (primary N) is 1. The average molecular weight is 645 g/mol. The molecular formula is C39H72N4O3. The molecule has 0 radical (unpaired) electrons. The van der Waals surface area contributed by atoms with Crippen molar-refractivity contribution in [2.24, 2.45) is 46.2 Å². The fourth-order valence-electron chi connectivity index (χ4n) is 10.6. The van der Waals surface area contributed by atoms with Crippen LogP contribution in [0.3, 0.4) is 0 Å². The van der Waals surface area contributed by atoms with E-state index in [2.05, 4.69) is 56.6 Å². The lowest BCUT2D eigenvalue weighted by atomic mass is 9.45. The number of unbranched alkanes of at least 4 members (excludes halogenated alkanes) is 1. The normalized spacial score (nSPS) is 36.1. The van der Waals surface area contributed by atoms with Gasteiger partial charge in [0.25, 0.3) is 0 Å². The van der Waals surface area contributed by atoms with E-state index in [1.165, 1.54) is 64.7 Å². The van der Waals surface area contributed by atoms with E-state index in [1.54, 1.807) is 5.57 Å². The van der Waals surface area contributed by atoms with Crippen molar-refractivity contribution >= 4 is 5.97 Å². The topological polar surface area (TPSA) is 109 Å². The third-order valence-electron chi connectivity index (χ3n) is 13.2. The molecular weight excluding hydrogens is 572 g/mol. The summed E-state index contributed by atoms with van der Waals surface area (Å²) in [4.78, 5) is 12.0. The molecule has 0 amide bonds. The molecule has 46 heavy (non-hydrogen) atoms. The second kappa shape index (κ2) is 17.1. The minimum absolute atomic E-state index is 0.119. The summed E-state index contributed by atoms with van der Waals surface area (Å²) in [5, 5.41) is 23.7. The summed E-state index contributed by atoms with van der Waals surface area (Å²) < 4.78 is 5.76. The van der Waals surface area contributed by atoms with Crippen LogP contribution in [0.1, 0.15) is 131 Å². The van der Waals surface area contributed by atoms with E-state index in [0.29, 0.717) is 23.7 Å². The van der Waals surface area contributed by atoms with Crippen LogP contribution >= 0.6 is 0 Å². The molecule has 4 aliphatic rings. The first-order valence-electron chi connectivity index (χ1n) is 19.4. The fourth-order valence-corrected chi connectivity index (χ4v) is 10.6. The largest absolute Gasteiger partial charge is 0.462 e. The number of carbonyl (C=O) groups is 1. The van der Waals surface area contributed by atoms with Crippen LogP contribution in [0.15, 0.2) is 11.6 Å². The maximum Gasteiger partial charge on any atom is 0.302 e. The number of hydrogen-bond acceptors (Lipinski definition) is 7. The first kappa shape index (κ1) is 37.8. The van der Waals surface area contributed by atoms with Gasteiger partial charge in [-0.15, -0.1) is 0 Å². The van der Waals surface area contributed by atoms with E-state index in [9.17, 15) is 9.90 Å². The van der Waals surface area contributed by atoms with Crippen LogP contribution < -0.4 is 21.7 Å². The summed E-state index contributed by atoms with van der Waals surface area (Å²) >= 11 is 0. The van der Waals surface area contributed by atoms with E-state index in [-0.39, 0.29) is 23.5 Å². The van der Waals surface area contributed by atoms with Crippen LogP contribution in [-0.4, -0.2) is 68.1 Å². The van der Waals surface area contributed by atoms with E-state index < -0.39 is 5.60 Å². The number of nitrogens with one attached hydrogen (secondary N) is 3. The van der Waals surface area contributed by atoms with Crippen molar-refractivity contribution in [1.29, 1.82) is 0 Å². The highest BCUT2D eigenvalue weighted by Crippen LogP contribution is 2.67. The van der Waals surface area contributed by atoms with Gasteiger partial charge in [0.05, 0.1) is 11.6 Å². The smallest absolute Gasteiger partial charge is 0.302 e. The van der Waals surface area contributed by atoms with Crippen molar-refractivity contribution in [2.75, 3.05) is 39.3 Å². The van der Waals surface area contributed by atoms with Gasteiger partial charge in [0.15, 0.2) is 0 Å². The second-order valence-corrected chi connectivity index (χ2v) is 16.8. The summed E-state index contributed by atoms with van der Waals surface area (Å²) in [6, 6.07) is -0.119. The fraction of sp³-hybridized carbons (Fsp3) is 0.923. The molecule has 4 rings (SSSR count). The zero-order chi connectivity index (χ0) is 33.4. The van der Waals surface area contributed by atoms with E-state index in [1.807, 2.05) is 0 Å². The van der Waals surface area contributed by atoms with Gasteiger partial charge in [0.1, 0.15) is 6.10 Å². The molecule has 266 valence electrons. The Hall–Kier alpha value is -0.990. The monoisotopic (exact) mass is 645 g/mol. The molecule has 0 aromatic carbocycles. The molecule has 0 bridgehead atoms. The van der Waals surface area contributed by atoms with E-state index in [4.69, 9.17) is 10.5 Å². The maximum atomic E-state index is 12.8. The number of esters is 1. The molecule has 0 aliphatic heterocycles. The van der Waals surface area contributed by atoms with Gasteiger partial charge in [-0.2, -0.15) is 0 Å². The Morgan fingerprint density at radius 1 is 0.913 bits per heavy atom. The Labute approximate surface area is 282 Å². The molecule has 4 aliphatic carbocycles. The molecule has 3 fully saturated rings. The molecule has 0 heterocycles. The SMILES string of the molecule is CC(=O)O[C@H]1CC[C@]2(C)[C@H]3CC[C@]4(C)[C@@H]([C@H](C)CCCC(C)C)CC[C@H]4C3=C[C@@H](NCCCNCCCCNCCCN)[C@@]2(O)C1. The number of rotatable bonds is 19. The Kier molecular flexibility index (Phi) is 14.1. The van der Waals surface area contributed by atoms with Gasteiger partial charge >= 0.3 is 5.97 Å². The van der Waals surface area contributed by atoms with Gasteiger partial charge in [-0.1, -0.05) is 65.5 Å². The Bertz CT molecular complexity index is 988. The average Bonchev–Trinajstić information content (AvgIpc) is 3.35. The molecule has 0 spiro atoms. The Morgan fingerprint density at radius 2 is 1.61 bits per heavy atom. The van der Waals surface area contributed by atoms with Crippen LogP contribution in [0.2, 0.25) is 0 Å². The third-order valence-corrected chi connectivity index (χ3v) is 13.2. The summed E-state index contributed by atoms with van der Waals surface area (Å²) in [7, 11) is 0. The zero-order valence-corrected chi connectivity index (χ0v) is 30.6. The van der Waals surface area contributed by atoms with Crippen molar-refractivity contribution in [3.8, 4) is 0 Å². The second-order valence-electron chi connectivity index (χ2n) is 16.8. The number of aliphatic hydroxyl groups is 1. The summed E-state index contributed by atoms with van der Waals surface area (Å²) in [5.41, 5.74) is 6.42. The molecule has 0 saturated heterocycles. The van der Waals surface area contributed by atoms with Gasteiger partial charge in [0, 0.05) is 18.8 Å². The third kappa shape index (κ3) is 8.59. The molecule has 0 unspecified atom stereocenters. The molecule has 3 saturated carbocycles. The van der Waals surface area contributed by atoms with Crippen molar-refractivity contribution in [3.05, 3.63) is 11.6 Å². The van der Waals surface area contributed by atoms with Crippen molar-refractivity contribution in [1.82, 2.24) is 16.0 Å². The lowest BCUT2D eigenvalue weighted by Crippen LogP contribution is -2.68. The minimum Gasteiger partial charge on any atom is -0.462 e. The van der Waals surface area contributed by atoms with Crippen molar-refractivity contribution in [3.63, 3.8) is 0 Å². The van der Waals surface area contributed by atoms with Gasteiger partial charge < -0.3 is 31.5 Å². The number of ether oxygens (including phenoxy) is 1. The Morgan fingerprint density at radius 3 is 2.28 bits per heavy atom. The number of fused-ring (bicyclic) bond motifs is 5. The van der Waals surface area contributed by atoms with Crippen molar-refractivity contribution in [2.45, 2.75) is 149 Å². The van der Waals surface area contributed by atoms with Crippen LogP contribution in [0.25, 0.3) is 0 Å². The van der Waals surface area contributed by atoms with Gasteiger partial charge in [-0.25, -0.2) is 0 Å². The number of allylic oxidation sites excluding steroid dienone is 1. The summed E-state index contributed by atoms with van der Waals surface area (Å²) in [6.07, 6.45) is 18.1. The maximum absolute atomic E-state index is 12.8. The lowest BCUT2D eigenvalue weighted by Gasteiger charge is -2.63. The predicted molar refractivity (Wildman–Crippen MR) is 190 cm³/mol. The van der Waals surface area contributed by atoms with E-state index >= 15 is 0 Å². The van der Waals surface area contributed by atoms with E-state index in [0.717, 1.165) is 82.7 Å². The Balaban J connectivity index is 1.43. The first-order valence-corrected chi connectivity index (χ1v) is 19.4. The first-order chi connectivity index (χ1) is 22.0. The molecule has 9 atom stereocenters. The quantitative estimate of drug-likeness (QED) is 0.0635. The highest BCUT2D eigenvalue weighted by atomic mass is 16.5. The number of carbonyl (C=O) groups excluding carboxylic acids is 1. The highest BCUT2D eigenvalue weighted by molar-refractivity contribution is 5.66. The van der Waals surface area contributed by atoms with Gasteiger partial charge in [-0.05, 0) is 138 Å².